The van der Waals surface area contributed by atoms with E-state index in [4.69, 9.17) is 17.3 Å². The van der Waals surface area contributed by atoms with Crippen LogP contribution in [0.1, 0.15) is 6.92 Å². The Morgan fingerprint density at radius 1 is 1.46 bits per heavy atom. The summed E-state index contributed by atoms with van der Waals surface area (Å²) in [6.07, 6.45) is 0. The van der Waals surface area contributed by atoms with Crippen LogP contribution in [0.15, 0.2) is 40.3 Å². The summed E-state index contributed by atoms with van der Waals surface area (Å²) in [5.41, 5.74) is 9.15. The topological polar surface area (TPSA) is 26.0 Å². The van der Waals surface area contributed by atoms with Gasteiger partial charge in [0.15, 0.2) is 0 Å². The van der Waals surface area contributed by atoms with Crippen molar-refractivity contribution in [3.8, 4) is 0 Å². The Kier molecular flexibility index (Phi) is 4.19. The Bertz CT molecular complexity index is 292. The number of nitrogens with two attached hydrogens (primary N) is 1. The van der Waals surface area contributed by atoms with Gasteiger partial charge in [-0.05, 0) is 31.2 Å². The highest BCUT2D eigenvalue weighted by Gasteiger charge is 1.94. The van der Waals surface area contributed by atoms with E-state index in [-0.39, 0.29) is 0 Å². The van der Waals surface area contributed by atoms with Crippen molar-refractivity contribution in [3.05, 3.63) is 35.4 Å². The molecule has 3 heteroatoms. The first-order valence-electron chi connectivity index (χ1n) is 3.96. The van der Waals surface area contributed by atoms with Crippen molar-refractivity contribution >= 4 is 29.1 Å². The molecule has 0 fully saturated rings. The third kappa shape index (κ3) is 3.75. The zero-order valence-electron chi connectivity index (χ0n) is 7.46. The van der Waals surface area contributed by atoms with E-state index in [0.717, 1.165) is 11.4 Å². The molecule has 0 atom stereocenters. The van der Waals surface area contributed by atoms with Gasteiger partial charge in [0, 0.05) is 21.9 Å². The minimum atomic E-state index is 0.800. The zero-order valence-corrected chi connectivity index (χ0v) is 9.03. The lowest BCUT2D eigenvalue weighted by atomic mass is 10.3. The molecule has 0 bridgehead atoms. The highest BCUT2D eigenvalue weighted by Crippen LogP contribution is 2.21. The van der Waals surface area contributed by atoms with Gasteiger partial charge in [0.1, 0.15) is 0 Å². The van der Waals surface area contributed by atoms with Crippen molar-refractivity contribution in [1.29, 1.82) is 0 Å². The number of rotatable bonds is 3. The maximum Gasteiger partial charge on any atom is 0.0314 e. The van der Waals surface area contributed by atoms with E-state index in [9.17, 15) is 0 Å². The molecule has 0 spiro atoms. The number of hydrogen-bond acceptors (Lipinski definition) is 2. The molecule has 0 radical (unpaired) electrons. The monoisotopic (exact) mass is 213 g/mol. The summed E-state index contributed by atoms with van der Waals surface area (Å²) in [5, 5.41) is 0. The molecule has 1 aromatic rings. The minimum Gasteiger partial charge on any atom is -0.399 e. The van der Waals surface area contributed by atoms with Gasteiger partial charge in [0.2, 0.25) is 0 Å². The van der Waals surface area contributed by atoms with Gasteiger partial charge >= 0.3 is 0 Å². The Hall–Kier alpha value is -0.600. The van der Waals surface area contributed by atoms with Gasteiger partial charge in [0.25, 0.3) is 0 Å². The molecule has 0 aromatic heterocycles. The number of thioether (sulfide) groups is 1. The Balaban J connectivity index is 2.51. The average Bonchev–Trinajstić information content (AvgIpc) is 2.16. The second-order valence-electron chi connectivity index (χ2n) is 2.81. The zero-order chi connectivity index (χ0) is 9.68. The van der Waals surface area contributed by atoms with Gasteiger partial charge in [-0.25, -0.2) is 0 Å². The third-order valence-corrected chi connectivity index (χ3v) is 3.11. The van der Waals surface area contributed by atoms with E-state index in [1.54, 1.807) is 17.3 Å². The number of halogens is 1. The summed E-state index contributed by atoms with van der Waals surface area (Å²) < 4.78 is 0. The van der Waals surface area contributed by atoms with Crippen LogP contribution in [-0.4, -0.2) is 5.75 Å². The summed E-state index contributed by atoms with van der Waals surface area (Å²) in [4.78, 5) is 1.21. The lowest BCUT2D eigenvalue weighted by molar-refractivity contribution is 1.40. The number of anilines is 1. The molecule has 0 aliphatic heterocycles. The molecule has 2 N–H and O–H groups in total. The number of hydrogen-bond donors (Lipinski definition) is 1. The molecule has 1 rings (SSSR count). The highest BCUT2D eigenvalue weighted by atomic mass is 35.5. The number of benzene rings is 1. The van der Waals surface area contributed by atoms with Crippen molar-refractivity contribution in [1.82, 2.24) is 0 Å². The van der Waals surface area contributed by atoms with Crippen LogP contribution in [0.25, 0.3) is 0 Å². The molecule has 0 aliphatic rings. The molecule has 0 heterocycles. The van der Waals surface area contributed by atoms with Crippen LogP contribution in [0.4, 0.5) is 5.69 Å². The lowest BCUT2D eigenvalue weighted by Crippen LogP contribution is -1.84. The quantitative estimate of drug-likeness (QED) is 0.615. The van der Waals surface area contributed by atoms with Crippen molar-refractivity contribution in [2.75, 3.05) is 11.5 Å². The largest absolute Gasteiger partial charge is 0.399 e. The van der Waals surface area contributed by atoms with Crippen LogP contribution < -0.4 is 5.73 Å². The van der Waals surface area contributed by atoms with E-state index < -0.39 is 0 Å². The number of nitrogen functional groups attached to an aromatic ring is 1. The predicted octanol–water partition coefficient (Wildman–Crippen LogP) is 3.50. The predicted molar refractivity (Wildman–Crippen MR) is 61.2 cm³/mol. The van der Waals surface area contributed by atoms with Crippen LogP contribution in [0, 0.1) is 0 Å². The first kappa shape index (κ1) is 10.5. The second-order valence-corrected chi connectivity index (χ2v) is 4.08. The van der Waals surface area contributed by atoms with E-state index >= 15 is 0 Å². The lowest BCUT2D eigenvalue weighted by Gasteiger charge is -2.01. The van der Waals surface area contributed by atoms with Gasteiger partial charge in [-0.2, -0.15) is 0 Å². The molecular weight excluding hydrogens is 202 g/mol. The smallest absolute Gasteiger partial charge is 0.0314 e. The Morgan fingerprint density at radius 3 is 2.62 bits per heavy atom. The highest BCUT2D eigenvalue weighted by molar-refractivity contribution is 7.99. The molecule has 1 nitrogen and oxygen atoms in total. The first-order valence-corrected chi connectivity index (χ1v) is 5.39. The Labute approximate surface area is 88.0 Å². The molecule has 0 saturated heterocycles. The van der Waals surface area contributed by atoms with Gasteiger partial charge in [0.05, 0.1) is 0 Å². The molecule has 0 amide bonds. The molecular formula is C10H12ClNS. The molecule has 13 heavy (non-hydrogen) atoms. The molecule has 0 saturated carbocycles. The van der Waals surface area contributed by atoms with E-state index in [1.165, 1.54) is 10.5 Å². The van der Waals surface area contributed by atoms with Crippen LogP contribution in [0.3, 0.4) is 0 Å². The fourth-order valence-corrected chi connectivity index (χ4v) is 1.77. The summed E-state index contributed by atoms with van der Waals surface area (Å²) in [6.45, 7) is 2.01. The van der Waals surface area contributed by atoms with Gasteiger partial charge < -0.3 is 5.73 Å². The molecule has 70 valence electrons. The van der Waals surface area contributed by atoms with Crippen molar-refractivity contribution < 1.29 is 0 Å². The minimum absolute atomic E-state index is 0.800. The van der Waals surface area contributed by atoms with Gasteiger partial charge in [-0.1, -0.05) is 17.2 Å². The maximum absolute atomic E-state index is 5.57. The maximum atomic E-state index is 5.57. The molecule has 0 unspecified atom stereocenters. The Morgan fingerprint density at radius 2 is 2.08 bits per heavy atom. The van der Waals surface area contributed by atoms with Crippen molar-refractivity contribution in [2.45, 2.75) is 11.8 Å². The summed E-state index contributed by atoms with van der Waals surface area (Å²) in [6, 6.07) is 7.84. The van der Waals surface area contributed by atoms with Crippen LogP contribution in [-0.2, 0) is 0 Å². The van der Waals surface area contributed by atoms with Gasteiger partial charge in [-0.3, -0.25) is 0 Å². The van der Waals surface area contributed by atoms with Gasteiger partial charge in [-0.15, -0.1) is 11.8 Å². The molecule has 0 aliphatic carbocycles. The van der Waals surface area contributed by atoms with Crippen LogP contribution in [0.5, 0.6) is 0 Å². The summed E-state index contributed by atoms with van der Waals surface area (Å²) in [5.74, 6) is 0.924. The first-order chi connectivity index (χ1) is 6.22. The van der Waals surface area contributed by atoms with Crippen LogP contribution in [0.2, 0.25) is 0 Å². The van der Waals surface area contributed by atoms with Crippen LogP contribution >= 0.6 is 23.4 Å². The normalized spacial score (nSPS) is 11.7. The second kappa shape index (κ2) is 5.20. The average molecular weight is 214 g/mol. The standard InChI is InChI=1S/C10H12ClNS/c1-8(6-11)7-13-10-4-2-9(12)3-5-10/h2-6H,7,12H2,1H3/b8-6-. The summed E-state index contributed by atoms with van der Waals surface area (Å²) >= 11 is 7.30. The van der Waals surface area contributed by atoms with Crippen molar-refractivity contribution in [3.63, 3.8) is 0 Å². The van der Waals surface area contributed by atoms with E-state index in [2.05, 4.69) is 0 Å². The SMILES string of the molecule is C/C(=C/Cl)CSc1ccc(N)cc1. The summed E-state index contributed by atoms with van der Waals surface area (Å²) in [7, 11) is 0. The van der Waals surface area contributed by atoms with E-state index in [0.29, 0.717) is 0 Å². The third-order valence-electron chi connectivity index (χ3n) is 1.53. The van der Waals surface area contributed by atoms with Crippen molar-refractivity contribution in [2.24, 2.45) is 0 Å². The fourth-order valence-electron chi connectivity index (χ4n) is 0.793. The molecule has 1 aromatic carbocycles. The van der Waals surface area contributed by atoms with E-state index in [1.807, 2.05) is 31.2 Å². The fraction of sp³-hybridized carbons (Fsp3) is 0.200.